The van der Waals surface area contributed by atoms with Crippen molar-refractivity contribution in [1.82, 2.24) is 5.32 Å². The second-order valence-corrected chi connectivity index (χ2v) is 4.67. The van der Waals surface area contributed by atoms with Crippen LogP contribution in [-0.2, 0) is 16.1 Å². The third-order valence-corrected chi connectivity index (χ3v) is 2.81. The zero-order valence-electron chi connectivity index (χ0n) is 12.6. The maximum atomic E-state index is 11.9. The number of rotatable bonds is 6. The Morgan fingerprint density at radius 3 is 2.43 bits per heavy atom. The Morgan fingerprint density at radius 1 is 1.29 bits per heavy atom. The van der Waals surface area contributed by atoms with Crippen molar-refractivity contribution in [3.05, 3.63) is 59.3 Å². The van der Waals surface area contributed by atoms with Gasteiger partial charge in [0.1, 0.15) is 5.70 Å². The van der Waals surface area contributed by atoms with E-state index in [1.165, 1.54) is 24.8 Å². The molecule has 1 aromatic rings. The van der Waals surface area contributed by atoms with Gasteiger partial charge in [-0.3, -0.25) is 14.6 Å². The lowest BCUT2D eigenvalue weighted by molar-refractivity contribution is -0.117. The molecule has 0 aliphatic carbocycles. The molecule has 1 amide bonds. The first-order chi connectivity index (χ1) is 9.93. The number of carbonyl (C=O) groups is 2. The van der Waals surface area contributed by atoms with Crippen molar-refractivity contribution in [3.8, 4) is 0 Å². The van der Waals surface area contributed by atoms with Gasteiger partial charge in [0.05, 0.1) is 0 Å². The van der Waals surface area contributed by atoms with Crippen molar-refractivity contribution in [2.75, 3.05) is 0 Å². The number of carbonyl (C=O) groups excluding carboxylic acids is 2. The largest absolute Gasteiger partial charge is 0.348 e. The van der Waals surface area contributed by atoms with Crippen molar-refractivity contribution in [3.63, 3.8) is 0 Å². The first-order valence-electron chi connectivity index (χ1n) is 6.68. The summed E-state index contributed by atoms with van der Waals surface area (Å²) in [6.45, 7) is 9.20. The van der Waals surface area contributed by atoms with E-state index in [9.17, 15) is 9.59 Å². The van der Waals surface area contributed by atoms with E-state index in [4.69, 9.17) is 0 Å². The highest BCUT2D eigenvalue weighted by Crippen LogP contribution is 2.06. The Labute approximate surface area is 125 Å². The van der Waals surface area contributed by atoms with Crippen molar-refractivity contribution < 1.29 is 9.59 Å². The Morgan fingerprint density at radius 2 is 1.90 bits per heavy atom. The molecule has 0 saturated carbocycles. The fraction of sp³-hybridized carbons (Fsp3) is 0.235. The van der Waals surface area contributed by atoms with Crippen LogP contribution in [0.15, 0.2) is 53.2 Å². The van der Waals surface area contributed by atoms with E-state index < -0.39 is 0 Å². The molecule has 0 aliphatic heterocycles. The minimum Gasteiger partial charge on any atom is -0.348 e. The highest BCUT2D eigenvalue weighted by Gasteiger charge is 2.08. The van der Waals surface area contributed by atoms with E-state index in [-0.39, 0.29) is 23.0 Å². The lowest BCUT2D eigenvalue weighted by Gasteiger charge is -2.06. The number of amides is 1. The summed E-state index contributed by atoms with van der Waals surface area (Å²) in [5, 5.41) is 2.76. The second-order valence-electron chi connectivity index (χ2n) is 4.67. The molecule has 0 aliphatic rings. The molecule has 0 saturated heterocycles. The molecule has 1 N–H and O–H groups in total. The molecule has 0 radical (unpaired) electrons. The Balaban J connectivity index is 2.66. The van der Waals surface area contributed by atoms with Crippen LogP contribution in [0.1, 0.15) is 25.0 Å². The zero-order valence-corrected chi connectivity index (χ0v) is 12.6. The molecular formula is C17H20N2O2. The molecule has 1 rings (SSSR count). The van der Waals surface area contributed by atoms with Gasteiger partial charge in [0.15, 0.2) is 5.78 Å². The van der Waals surface area contributed by atoms with Gasteiger partial charge >= 0.3 is 0 Å². The Kier molecular flexibility index (Phi) is 6.27. The van der Waals surface area contributed by atoms with E-state index in [2.05, 4.69) is 16.9 Å². The first kappa shape index (κ1) is 16.6. The van der Waals surface area contributed by atoms with Gasteiger partial charge in [0.2, 0.25) is 0 Å². The fourth-order valence-electron chi connectivity index (χ4n) is 1.60. The summed E-state index contributed by atoms with van der Waals surface area (Å²) in [5.41, 5.74) is 2.59. The number of aliphatic imine (C=N–C) groups is 1. The van der Waals surface area contributed by atoms with E-state index in [0.29, 0.717) is 6.54 Å². The van der Waals surface area contributed by atoms with Crippen LogP contribution in [-0.4, -0.2) is 17.9 Å². The molecule has 4 nitrogen and oxygen atoms in total. The number of nitrogens with one attached hydrogen (secondary N) is 1. The van der Waals surface area contributed by atoms with Gasteiger partial charge in [-0.15, -0.1) is 0 Å². The third-order valence-electron chi connectivity index (χ3n) is 2.81. The van der Waals surface area contributed by atoms with Crippen molar-refractivity contribution in [2.45, 2.75) is 27.3 Å². The highest BCUT2D eigenvalue weighted by molar-refractivity contribution is 6.00. The Hall–Kier alpha value is -2.49. The summed E-state index contributed by atoms with van der Waals surface area (Å²) >= 11 is 0. The quantitative estimate of drug-likeness (QED) is 0.496. The van der Waals surface area contributed by atoms with Gasteiger partial charge in [-0.25, -0.2) is 0 Å². The van der Waals surface area contributed by atoms with Gasteiger partial charge in [-0.1, -0.05) is 36.4 Å². The van der Waals surface area contributed by atoms with Crippen LogP contribution < -0.4 is 5.32 Å². The minimum absolute atomic E-state index is 0.206. The maximum Gasteiger partial charge on any atom is 0.251 e. The van der Waals surface area contributed by atoms with Crippen LogP contribution in [0.25, 0.3) is 0 Å². The molecule has 0 aromatic heterocycles. The molecule has 110 valence electrons. The summed E-state index contributed by atoms with van der Waals surface area (Å²) in [6, 6.07) is 7.88. The summed E-state index contributed by atoms with van der Waals surface area (Å²) in [5.74, 6) is -0.527. The summed E-state index contributed by atoms with van der Waals surface area (Å²) in [7, 11) is 0. The number of ketones is 1. The number of hydrogen-bond acceptors (Lipinski definition) is 3. The molecular weight excluding hydrogens is 264 g/mol. The summed E-state index contributed by atoms with van der Waals surface area (Å²) in [6.07, 6.45) is 2.90. The normalized spacial score (nSPS) is 11.5. The average Bonchev–Trinajstić information content (AvgIpc) is 2.45. The molecule has 0 unspecified atom stereocenters. The minimum atomic E-state index is -0.319. The van der Waals surface area contributed by atoms with Gasteiger partial charge < -0.3 is 5.32 Å². The van der Waals surface area contributed by atoms with Crippen molar-refractivity contribution in [1.29, 1.82) is 0 Å². The smallest absolute Gasteiger partial charge is 0.251 e. The standard InChI is InChI=1S/C17H20N2O2/c1-5-18-16(14(4)20)10-13(3)17(21)19-11-15-8-6-12(2)7-9-15/h5-10H,3,11H2,1-2,4H3,(H,19,21)/b16-10-,18-5?. The molecule has 0 fully saturated rings. The highest BCUT2D eigenvalue weighted by atomic mass is 16.1. The van der Waals surface area contributed by atoms with E-state index >= 15 is 0 Å². The van der Waals surface area contributed by atoms with Crippen LogP contribution in [0.5, 0.6) is 0 Å². The molecule has 4 heteroatoms. The molecule has 0 spiro atoms. The number of benzene rings is 1. The number of hydrogen-bond donors (Lipinski definition) is 1. The van der Waals surface area contributed by atoms with Crippen molar-refractivity contribution in [2.24, 2.45) is 4.99 Å². The predicted molar refractivity (Wildman–Crippen MR) is 85.1 cm³/mol. The second kappa shape index (κ2) is 7.94. The third kappa shape index (κ3) is 5.57. The van der Waals surface area contributed by atoms with E-state index in [0.717, 1.165) is 5.56 Å². The summed E-state index contributed by atoms with van der Waals surface area (Å²) < 4.78 is 0. The van der Waals surface area contributed by atoms with Crippen LogP contribution in [0.4, 0.5) is 0 Å². The van der Waals surface area contributed by atoms with Crippen LogP contribution >= 0.6 is 0 Å². The predicted octanol–water partition coefficient (Wildman–Crippen LogP) is 2.73. The topological polar surface area (TPSA) is 58.5 Å². The number of allylic oxidation sites excluding steroid dienone is 1. The first-order valence-corrected chi connectivity index (χ1v) is 6.68. The van der Waals surface area contributed by atoms with Gasteiger partial charge in [-0.05, 0) is 25.5 Å². The van der Waals surface area contributed by atoms with Gasteiger partial charge in [0, 0.05) is 25.3 Å². The molecule has 21 heavy (non-hydrogen) atoms. The van der Waals surface area contributed by atoms with Gasteiger partial charge in [0.25, 0.3) is 5.91 Å². The molecule has 0 atom stereocenters. The fourth-order valence-corrected chi connectivity index (χ4v) is 1.60. The van der Waals surface area contributed by atoms with E-state index in [1.807, 2.05) is 31.2 Å². The molecule has 1 aromatic carbocycles. The molecule has 0 bridgehead atoms. The average molecular weight is 284 g/mol. The van der Waals surface area contributed by atoms with E-state index in [1.54, 1.807) is 6.92 Å². The van der Waals surface area contributed by atoms with Crippen LogP contribution in [0.3, 0.4) is 0 Å². The zero-order chi connectivity index (χ0) is 15.8. The number of aryl methyl sites for hydroxylation is 1. The van der Waals surface area contributed by atoms with Crippen molar-refractivity contribution >= 4 is 17.9 Å². The monoisotopic (exact) mass is 284 g/mol. The lowest BCUT2D eigenvalue weighted by atomic mass is 10.1. The Bertz CT molecular complexity index is 596. The SMILES string of the molecule is C=C(/C=C(\N=CC)C(C)=O)C(=O)NCc1ccc(C)cc1. The van der Waals surface area contributed by atoms with Gasteiger partial charge in [-0.2, -0.15) is 0 Å². The number of Topliss-reactive ketones (excluding diaryl/α,β-unsaturated/α-hetero) is 1. The number of nitrogens with zero attached hydrogens (tertiary/aromatic N) is 1. The maximum absolute atomic E-state index is 11.9. The molecule has 0 heterocycles. The summed E-state index contributed by atoms with van der Waals surface area (Å²) in [4.78, 5) is 27.2. The van der Waals surface area contributed by atoms with Crippen LogP contribution in [0, 0.1) is 6.92 Å². The van der Waals surface area contributed by atoms with Crippen LogP contribution in [0.2, 0.25) is 0 Å². The lowest BCUT2D eigenvalue weighted by Crippen LogP contribution is -2.23.